The SMILES string of the molecule is CCc1ccc(C=C2Sc3ccccc3N(CC(=O)NCC(OC)OC)C2=O)cc1. The van der Waals surface area contributed by atoms with Gasteiger partial charge in [0.2, 0.25) is 5.91 Å². The van der Waals surface area contributed by atoms with Gasteiger partial charge < -0.3 is 14.8 Å². The summed E-state index contributed by atoms with van der Waals surface area (Å²) in [5, 5.41) is 2.75. The molecule has 6 nitrogen and oxygen atoms in total. The van der Waals surface area contributed by atoms with E-state index >= 15 is 0 Å². The number of aryl methyl sites for hydroxylation is 1. The molecule has 0 unspecified atom stereocenters. The van der Waals surface area contributed by atoms with Crippen molar-refractivity contribution < 1.29 is 19.1 Å². The minimum absolute atomic E-state index is 0.0807. The van der Waals surface area contributed by atoms with Crippen molar-refractivity contribution in [2.75, 3.05) is 32.2 Å². The second kappa shape index (κ2) is 10.4. The van der Waals surface area contributed by atoms with E-state index in [1.807, 2.05) is 42.5 Å². The molecule has 1 aliphatic heterocycles. The topological polar surface area (TPSA) is 67.9 Å². The normalized spacial score (nSPS) is 14.9. The van der Waals surface area contributed by atoms with Crippen LogP contribution in [0.25, 0.3) is 6.08 Å². The maximum atomic E-state index is 13.2. The second-order valence-electron chi connectivity index (χ2n) is 6.77. The average Bonchev–Trinajstić information content (AvgIpc) is 2.77. The maximum absolute atomic E-state index is 13.2. The number of hydrogen-bond donors (Lipinski definition) is 1. The number of amides is 2. The summed E-state index contributed by atoms with van der Waals surface area (Å²) >= 11 is 1.42. The molecule has 1 N–H and O–H groups in total. The van der Waals surface area contributed by atoms with E-state index in [9.17, 15) is 9.59 Å². The van der Waals surface area contributed by atoms with Crippen LogP contribution in [0.1, 0.15) is 18.1 Å². The molecule has 30 heavy (non-hydrogen) atoms. The number of carbonyl (C=O) groups is 2. The Labute approximate surface area is 181 Å². The third-order valence-electron chi connectivity index (χ3n) is 4.81. The number of ether oxygens (including phenoxy) is 2. The molecule has 2 aromatic rings. The molecular formula is C23H26N2O4S. The van der Waals surface area contributed by atoms with Crippen LogP contribution in [0.4, 0.5) is 5.69 Å². The van der Waals surface area contributed by atoms with Gasteiger partial charge >= 0.3 is 0 Å². The fourth-order valence-electron chi connectivity index (χ4n) is 3.08. The number of carbonyl (C=O) groups excluding carboxylic acids is 2. The Morgan fingerprint density at radius 3 is 2.50 bits per heavy atom. The first-order valence-electron chi connectivity index (χ1n) is 9.77. The molecule has 0 aromatic heterocycles. The first kappa shape index (κ1) is 22.1. The van der Waals surface area contributed by atoms with Crippen LogP contribution in [0, 0.1) is 0 Å². The first-order valence-corrected chi connectivity index (χ1v) is 10.6. The van der Waals surface area contributed by atoms with Gasteiger partial charge in [-0.15, -0.1) is 0 Å². The Morgan fingerprint density at radius 2 is 1.83 bits per heavy atom. The summed E-state index contributed by atoms with van der Waals surface area (Å²) in [6, 6.07) is 15.7. The van der Waals surface area contributed by atoms with Gasteiger partial charge in [0.05, 0.1) is 17.1 Å². The fourth-order valence-corrected chi connectivity index (χ4v) is 4.14. The van der Waals surface area contributed by atoms with Crippen LogP contribution in [-0.4, -0.2) is 45.4 Å². The molecule has 0 aliphatic carbocycles. The zero-order chi connectivity index (χ0) is 21.5. The van der Waals surface area contributed by atoms with Crippen molar-refractivity contribution >= 4 is 35.3 Å². The van der Waals surface area contributed by atoms with Gasteiger partial charge in [-0.2, -0.15) is 0 Å². The highest BCUT2D eigenvalue weighted by Crippen LogP contribution is 2.41. The summed E-state index contributed by atoms with van der Waals surface area (Å²) in [7, 11) is 3.01. The van der Waals surface area contributed by atoms with E-state index in [2.05, 4.69) is 24.4 Å². The van der Waals surface area contributed by atoms with E-state index in [-0.39, 0.29) is 24.9 Å². The third-order valence-corrected chi connectivity index (χ3v) is 5.89. The molecule has 3 rings (SSSR count). The van der Waals surface area contributed by atoms with Crippen molar-refractivity contribution in [3.8, 4) is 0 Å². The van der Waals surface area contributed by atoms with Crippen LogP contribution < -0.4 is 10.2 Å². The van der Waals surface area contributed by atoms with Crippen LogP contribution >= 0.6 is 11.8 Å². The van der Waals surface area contributed by atoms with Gasteiger partial charge in [-0.3, -0.25) is 14.5 Å². The Hall–Kier alpha value is -2.61. The van der Waals surface area contributed by atoms with Crippen LogP contribution in [0.15, 0.2) is 58.3 Å². The highest BCUT2D eigenvalue weighted by atomic mass is 32.2. The van der Waals surface area contributed by atoms with E-state index in [0.29, 0.717) is 4.91 Å². The molecule has 0 atom stereocenters. The highest BCUT2D eigenvalue weighted by Gasteiger charge is 2.30. The second-order valence-corrected chi connectivity index (χ2v) is 7.85. The minimum Gasteiger partial charge on any atom is -0.354 e. The van der Waals surface area contributed by atoms with E-state index in [4.69, 9.17) is 9.47 Å². The highest BCUT2D eigenvalue weighted by molar-refractivity contribution is 8.04. The quantitative estimate of drug-likeness (QED) is 0.517. The van der Waals surface area contributed by atoms with Gasteiger partial charge in [0.25, 0.3) is 5.91 Å². The van der Waals surface area contributed by atoms with E-state index in [0.717, 1.165) is 22.6 Å². The van der Waals surface area contributed by atoms with Gasteiger partial charge in [0, 0.05) is 19.1 Å². The third kappa shape index (κ3) is 5.30. The van der Waals surface area contributed by atoms with Crippen molar-refractivity contribution in [2.45, 2.75) is 24.5 Å². The van der Waals surface area contributed by atoms with Crippen molar-refractivity contribution in [3.63, 3.8) is 0 Å². The molecule has 0 fully saturated rings. The molecule has 1 heterocycles. The van der Waals surface area contributed by atoms with E-state index in [1.165, 1.54) is 36.4 Å². The molecule has 0 radical (unpaired) electrons. The van der Waals surface area contributed by atoms with Gasteiger partial charge in [-0.25, -0.2) is 0 Å². The summed E-state index contributed by atoms with van der Waals surface area (Å²) < 4.78 is 10.2. The van der Waals surface area contributed by atoms with E-state index in [1.54, 1.807) is 0 Å². The molecule has 0 bridgehead atoms. The number of anilines is 1. The number of nitrogens with zero attached hydrogens (tertiary/aromatic N) is 1. The number of para-hydroxylation sites is 1. The lowest BCUT2D eigenvalue weighted by Crippen LogP contribution is -2.44. The van der Waals surface area contributed by atoms with Crippen molar-refractivity contribution in [2.24, 2.45) is 0 Å². The summed E-state index contributed by atoms with van der Waals surface area (Å²) in [4.78, 5) is 28.7. The van der Waals surface area contributed by atoms with Crippen LogP contribution in [0.2, 0.25) is 0 Å². The Bertz CT molecular complexity index is 923. The summed E-state index contributed by atoms with van der Waals surface area (Å²) in [5.74, 6) is -0.473. The number of nitrogens with one attached hydrogen (secondary N) is 1. The average molecular weight is 427 g/mol. The minimum atomic E-state index is -0.532. The predicted molar refractivity (Wildman–Crippen MR) is 119 cm³/mol. The largest absolute Gasteiger partial charge is 0.354 e. The summed E-state index contributed by atoms with van der Waals surface area (Å²) in [6.07, 6.45) is 2.31. The number of methoxy groups -OCH3 is 2. The van der Waals surface area contributed by atoms with Gasteiger partial charge in [-0.1, -0.05) is 55.1 Å². The lowest BCUT2D eigenvalue weighted by molar-refractivity contribution is -0.127. The number of thioether (sulfide) groups is 1. The number of rotatable bonds is 8. The lowest BCUT2D eigenvalue weighted by atomic mass is 10.1. The smallest absolute Gasteiger partial charge is 0.265 e. The zero-order valence-electron chi connectivity index (χ0n) is 17.4. The molecule has 0 spiro atoms. The summed E-state index contributed by atoms with van der Waals surface area (Å²) in [5.41, 5.74) is 2.93. The Balaban J connectivity index is 1.81. The van der Waals surface area contributed by atoms with Gasteiger partial charge in [0.1, 0.15) is 6.54 Å². The van der Waals surface area contributed by atoms with Gasteiger partial charge in [0.15, 0.2) is 6.29 Å². The Morgan fingerprint density at radius 1 is 1.13 bits per heavy atom. The predicted octanol–water partition coefficient (Wildman–Crippen LogP) is 3.46. The zero-order valence-corrected chi connectivity index (χ0v) is 18.2. The molecule has 0 saturated heterocycles. The van der Waals surface area contributed by atoms with Crippen LogP contribution in [0.3, 0.4) is 0 Å². The Kier molecular flexibility index (Phi) is 7.68. The monoisotopic (exact) mass is 426 g/mol. The summed E-state index contributed by atoms with van der Waals surface area (Å²) in [6.45, 7) is 2.23. The fraction of sp³-hybridized carbons (Fsp3) is 0.304. The molecule has 2 aromatic carbocycles. The van der Waals surface area contributed by atoms with Crippen molar-refractivity contribution in [1.29, 1.82) is 0 Å². The molecule has 2 amide bonds. The van der Waals surface area contributed by atoms with Crippen molar-refractivity contribution in [3.05, 3.63) is 64.6 Å². The van der Waals surface area contributed by atoms with Crippen LogP contribution in [0.5, 0.6) is 0 Å². The lowest BCUT2D eigenvalue weighted by Gasteiger charge is -2.30. The molecule has 158 valence electrons. The van der Waals surface area contributed by atoms with Crippen molar-refractivity contribution in [1.82, 2.24) is 5.32 Å². The first-order chi connectivity index (χ1) is 14.5. The number of fused-ring (bicyclic) bond motifs is 1. The molecule has 7 heteroatoms. The number of hydrogen-bond acceptors (Lipinski definition) is 5. The van der Waals surface area contributed by atoms with E-state index < -0.39 is 6.29 Å². The number of benzene rings is 2. The molecule has 0 saturated carbocycles. The molecular weight excluding hydrogens is 400 g/mol. The van der Waals surface area contributed by atoms with Crippen LogP contribution in [-0.2, 0) is 25.5 Å². The standard InChI is InChI=1S/C23H26N2O4S/c1-4-16-9-11-17(12-10-16)13-20-23(27)25(18-7-5-6-8-19(18)30-20)15-21(26)24-14-22(28-2)29-3/h5-13,22H,4,14-15H2,1-3H3,(H,24,26). The molecule has 1 aliphatic rings. The maximum Gasteiger partial charge on any atom is 0.265 e. The van der Waals surface area contributed by atoms with Gasteiger partial charge in [-0.05, 0) is 35.8 Å².